The van der Waals surface area contributed by atoms with Crippen LogP contribution in [0.25, 0.3) is 0 Å². The molecule has 0 unspecified atom stereocenters. The lowest BCUT2D eigenvalue weighted by atomic mass is 9.99. The fourth-order valence-electron chi connectivity index (χ4n) is 3.02. The second-order valence-corrected chi connectivity index (χ2v) is 6.03. The van der Waals surface area contributed by atoms with Gasteiger partial charge >= 0.3 is 0 Å². The predicted octanol–water partition coefficient (Wildman–Crippen LogP) is 2.58. The van der Waals surface area contributed by atoms with E-state index in [1.165, 1.54) is 0 Å². The lowest BCUT2D eigenvalue weighted by Crippen LogP contribution is -2.42. The summed E-state index contributed by atoms with van der Waals surface area (Å²) >= 11 is 0. The average molecular weight is 326 g/mol. The number of fused-ring (bicyclic) bond motifs is 1. The van der Waals surface area contributed by atoms with Crippen molar-refractivity contribution in [2.24, 2.45) is 0 Å². The van der Waals surface area contributed by atoms with Crippen LogP contribution in [0.15, 0.2) is 34.7 Å². The summed E-state index contributed by atoms with van der Waals surface area (Å²) in [4.78, 5) is 26.4. The number of amides is 2. The third-order valence-electron chi connectivity index (χ3n) is 4.38. The van der Waals surface area contributed by atoms with E-state index in [-0.39, 0.29) is 11.8 Å². The molecule has 0 radical (unpaired) electrons. The standard InChI is InChI=1S/C19H22N2O3/c1-3-15-12-13(2)17(24-15)18(22)20-9-11-21-10-8-14-6-4-5-7-16(14)19(21)23/h4-7,12H,3,8-11H2,1-2H3,(H,20,22). The van der Waals surface area contributed by atoms with E-state index in [0.717, 1.165) is 35.3 Å². The molecule has 0 aliphatic carbocycles. The molecule has 126 valence electrons. The summed E-state index contributed by atoms with van der Waals surface area (Å²) in [5, 5.41) is 2.84. The van der Waals surface area contributed by atoms with E-state index in [1.54, 1.807) is 4.90 Å². The largest absolute Gasteiger partial charge is 0.456 e. The van der Waals surface area contributed by atoms with Crippen molar-refractivity contribution in [3.05, 3.63) is 58.5 Å². The van der Waals surface area contributed by atoms with Gasteiger partial charge in [-0.1, -0.05) is 25.1 Å². The highest BCUT2D eigenvalue weighted by Gasteiger charge is 2.23. The van der Waals surface area contributed by atoms with Crippen LogP contribution < -0.4 is 5.32 Å². The zero-order valence-electron chi connectivity index (χ0n) is 14.1. The molecule has 1 aliphatic heterocycles. The molecule has 2 heterocycles. The maximum atomic E-state index is 12.5. The van der Waals surface area contributed by atoms with Crippen molar-refractivity contribution in [2.45, 2.75) is 26.7 Å². The predicted molar refractivity (Wildman–Crippen MR) is 91.2 cm³/mol. The van der Waals surface area contributed by atoms with E-state index in [1.807, 2.05) is 44.2 Å². The van der Waals surface area contributed by atoms with Gasteiger partial charge in [0.15, 0.2) is 5.76 Å². The van der Waals surface area contributed by atoms with Crippen LogP contribution in [-0.2, 0) is 12.8 Å². The van der Waals surface area contributed by atoms with Crippen LogP contribution in [0.2, 0.25) is 0 Å². The topological polar surface area (TPSA) is 62.6 Å². The number of benzene rings is 1. The highest BCUT2D eigenvalue weighted by molar-refractivity contribution is 5.97. The van der Waals surface area contributed by atoms with Gasteiger partial charge in [-0.25, -0.2) is 0 Å². The molecule has 1 aromatic heterocycles. The van der Waals surface area contributed by atoms with Gasteiger partial charge in [-0.05, 0) is 31.0 Å². The van der Waals surface area contributed by atoms with Crippen molar-refractivity contribution in [1.82, 2.24) is 10.2 Å². The Hall–Kier alpha value is -2.56. The number of carbonyl (C=O) groups is 2. The van der Waals surface area contributed by atoms with Crippen LogP contribution in [0, 0.1) is 6.92 Å². The molecule has 0 atom stereocenters. The number of hydrogen-bond donors (Lipinski definition) is 1. The van der Waals surface area contributed by atoms with Crippen molar-refractivity contribution < 1.29 is 14.0 Å². The molecule has 24 heavy (non-hydrogen) atoms. The summed E-state index contributed by atoms with van der Waals surface area (Å²) < 4.78 is 5.54. The summed E-state index contributed by atoms with van der Waals surface area (Å²) in [7, 11) is 0. The molecule has 1 aliphatic rings. The van der Waals surface area contributed by atoms with Crippen molar-refractivity contribution in [3.63, 3.8) is 0 Å². The first-order valence-electron chi connectivity index (χ1n) is 8.35. The minimum atomic E-state index is -0.225. The van der Waals surface area contributed by atoms with Gasteiger partial charge in [-0.2, -0.15) is 0 Å². The lowest BCUT2D eigenvalue weighted by Gasteiger charge is -2.28. The number of rotatable bonds is 5. The van der Waals surface area contributed by atoms with Gasteiger partial charge in [0.25, 0.3) is 11.8 Å². The van der Waals surface area contributed by atoms with E-state index < -0.39 is 0 Å². The Balaban J connectivity index is 1.56. The van der Waals surface area contributed by atoms with E-state index in [4.69, 9.17) is 4.42 Å². The molecule has 1 aromatic carbocycles. The van der Waals surface area contributed by atoms with Crippen LogP contribution in [-0.4, -0.2) is 36.3 Å². The van der Waals surface area contributed by atoms with Crippen LogP contribution in [0.4, 0.5) is 0 Å². The van der Waals surface area contributed by atoms with Gasteiger partial charge in [-0.3, -0.25) is 9.59 Å². The van der Waals surface area contributed by atoms with E-state index >= 15 is 0 Å². The molecule has 1 N–H and O–H groups in total. The van der Waals surface area contributed by atoms with Crippen LogP contribution >= 0.6 is 0 Å². The maximum absolute atomic E-state index is 12.5. The normalized spacial score (nSPS) is 13.8. The Kier molecular flexibility index (Phi) is 4.69. The summed E-state index contributed by atoms with van der Waals surface area (Å²) in [5.41, 5.74) is 2.71. The Bertz CT molecular complexity index is 764. The van der Waals surface area contributed by atoms with Gasteiger partial charge in [-0.15, -0.1) is 0 Å². The van der Waals surface area contributed by atoms with Crippen LogP contribution in [0.3, 0.4) is 0 Å². The van der Waals surface area contributed by atoms with Crippen molar-refractivity contribution in [3.8, 4) is 0 Å². The van der Waals surface area contributed by atoms with Gasteiger partial charge < -0.3 is 14.6 Å². The van der Waals surface area contributed by atoms with E-state index in [2.05, 4.69) is 5.32 Å². The average Bonchev–Trinajstić information content (AvgIpc) is 2.98. The molecule has 0 spiro atoms. The fourth-order valence-corrected chi connectivity index (χ4v) is 3.02. The first kappa shape index (κ1) is 16.3. The van der Waals surface area contributed by atoms with E-state index in [9.17, 15) is 9.59 Å². The highest BCUT2D eigenvalue weighted by Crippen LogP contribution is 2.18. The molecule has 5 nitrogen and oxygen atoms in total. The maximum Gasteiger partial charge on any atom is 0.287 e. The quantitative estimate of drug-likeness (QED) is 0.918. The zero-order valence-corrected chi connectivity index (χ0v) is 14.1. The lowest BCUT2D eigenvalue weighted by molar-refractivity contribution is 0.0732. The summed E-state index contributed by atoms with van der Waals surface area (Å²) in [6.45, 7) is 5.45. The van der Waals surface area contributed by atoms with Crippen LogP contribution in [0.1, 0.15) is 44.7 Å². The Morgan fingerprint density at radius 1 is 1.33 bits per heavy atom. The molecule has 0 bridgehead atoms. The second kappa shape index (κ2) is 6.91. The third-order valence-corrected chi connectivity index (χ3v) is 4.38. The highest BCUT2D eigenvalue weighted by atomic mass is 16.4. The van der Waals surface area contributed by atoms with E-state index in [0.29, 0.717) is 25.4 Å². The molecule has 0 saturated heterocycles. The van der Waals surface area contributed by atoms with Gasteiger partial charge in [0.05, 0.1) is 0 Å². The SMILES string of the molecule is CCc1cc(C)c(C(=O)NCCN2CCc3ccccc3C2=O)o1. The molecule has 0 fully saturated rings. The molecule has 5 heteroatoms. The molecule has 0 saturated carbocycles. The number of aryl methyl sites for hydroxylation is 2. The number of hydrogen-bond acceptors (Lipinski definition) is 3. The van der Waals surface area contributed by atoms with Crippen molar-refractivity contribution >= 4 is 11.8 Å². The number of nitrogens with zero attached hydrogens (tertiary/aromatic N) is 1. The smallest absolute Gasteiger partial charge is 0.287 e. The van der Waals surface area contributed by atoms with Gasteiger partial charge in [0.1, 0.15) is 5.76 Å². The molecule has 2 aromatic rings. The summed E-state index contributed by atoms with van der Waals surface area (Å²) in [6.07, 6.45) is 1.61. The monoisotopic (exact) mass is 326 g/mol. The fraction of sp³-hybridized carbons (Fsp3) is 0.368. The summed E-state index contributed by atoms with van der Waals surface area (Å²) in [5.74, 6) is 0.980. The molecular formula is C19H22N2O3. The Labute approximate surface area is 141 Å². The van der Waals surface area contributed by atoms with Crippen LogP contribution in [0.5, 0.6) is 0 Å². The number of carbonyl (C=O) groups excluding carboxylic acids is 2. The Morgan fingerprint density at radius 3 is 2.88 bits per heavy atom. The minimum absolute atomic E-state index is 0.0357. The molecule has 3 rings (SSSR count). The van der Waals surface area contributed by atoms with Crippen molar-refractivity contribution in [2.75, 3.05) is 19.6 Å². The Morgan fingerprint density at radius 2 is 2.12 bits per heavy atom. The zero-order chi connectivity index (χ0) is 17.1. The number of nitrogens with one attached hydrogen (secondary N) is 1. The summed E-state index contributed by atoms with van der Waals surface area (Å²) in [6, 6.07) is 9.59. The second-order valence-electron chi connectivity index (χ2n) is 6.03. The first-order valence-corrected chi connectivity index (χ1v) is 8.35. The first-order chi connectivity index (χ1) is 11.6. The number of furan rings is 1. The molecule has 2 amide bonds. The van der Waals surface area contributed by atoms with Crippen molar-refractivity contribution in [1.29, 1.82) is 0 Å². The minimum Gasteiger partial charge on any atom is -0.456 e. The molecular weight excluding hydrogens is 304 g/mol. The van der Waals surface area contributed by atoms with Gasteiger partial charge in [0, 0.05) is 37.2 Å². The third kappa shape index (κ3) is 3.20. The van der Waals surface area contributed by atoms with Gasteiger partial charge in [0.2, 0.25) is 0 Å².